The average Bonchev–Trinajstić information content (AvgIpc) is 2.54. The van der Waals surface area contributed by atoms with Crippen LogP contribution in [0.15, 0.2) is 24.3 Å². The number of anilines is 1. The molecule has 4 nitrogen and oxygen atoms in total. The molecule has 0 heterocycles. The molecule has 0 aliphatic heterocycles. The minimum Gasteiger partial charge on any atom is -0.449 e. The highest BCUT2D eigenvalue weighted by atomic mass is 19.4. The molecule has 0 aliphatic carbocycles. The van der Waals surface area contributed by atoms with E-state index < -0.39 is 64.5 Å². The first kappa shape index (κ1) is 20.0. The maximum atomic E-state index is 13.9. The molecule has 0 atom stereocenters. The lowest BCUT2D eigenvalue weighted by Crippen LogP contribution is -2.12. The number of carbonyl (C=O) groups excluding carboxylic acids is 1. The van der Waals surface area contributed by atoms with Gasteiger partial charge in [-0.25, -0.2) is 17.6 Å². The van der Waals surface area contributed by atoms with Crippen molar-refractivity contribution in [1.82, 2.24) is 0 Å². The van der Waals surface area contributed by atoms with Gasteiger partial charge in [-0.2, -0.15) is 18.4 Å². The molecule has 142 valence electrons. The van der Waals surface area contributed by atoms with E-state index in [0.717, 1.165) is 0 Å². The summed E-state index contributed by atoms with van der Waals surface area (Å²) >= 11 is 0. The first-order valence-corrected chi connectivity index (χ1v) is 6.93. The predicted molar refractivity (Wildman–Crippen MR) is 76.7 cm³/mol. The fourth-order valence-electron chi connectivity index (χ4n) is 1.91. The van der Waals surface area contributed by atoms with Crippen molar-refractivity contribution < 1.29 is 40.3 Å². The standard InChI is InChI=1S/C16H7F7N2O2/c17-8-5-12(25-14(26)1-2-24)13(6-9(8)18)27-15-10(19)3-7(4-11(15)20)16(21,22)23/h3-6H,1H2,(H,25,26). The van der Waals surface area contributed by atoms with Gasteiger partial charge in [-0.05, 0) is 12.1 Å². The average molecular weight is 392 g/mol. The number of ether oxygens (including phenoxy) is 1. The van der Waals surface area contributed by atoms with Crippen molar-refractivity contribution >= 4 is 11.6 Å². The van der Waals surface area contributed by atoms with Crippen LogP contribution in [0.25, 0.3) is 0 Å². The lowest BCUT2D eigenvalue weighted by molar-refractivity contribution is -0.138. The molecule has 0 radical (unpaired) electrons. The molecule has 0 bridgehead atoms. The van der Waals surface area contributed by atoms with Crippen LogP contribution >= 0.6 is 0 Å². The number of hydrogen-bond acceptors (Lipinski definition) is 3. The van der Waals surface area contributed by atoms with Gasteiger partial charge in [0.2, 0.25) is 5.91 Å². The van der Waals surface area contributed by atoms with Crippen LogP contribution < -0.4 is 10.1 Å². The van der Waals surface area contributed by atoms with Crippen LogP contribution in [0.4, 0.5) is 36.4 Å². The zero-order valence-corrected chi connectivity index (χ0v) is 12.9. The molecule has 1 amide bonds. The van der Waals surface area contributed by atoms with Crippen LogP contribution in [0.5, 0.6) is 11.5 Å². The third kappa shape index (κ3) is 4.66. The van der Waals surface area contributed by atoms with Gasteiger partial charge in [0, 0.05) is 12.1 Å². The van der Waals surface area contributed by atoms with Gasteiger partial charge >= 0.3 is 6.18 Å². The highest BCUT2D eigenvalue weighted by molar-refractivity contribution is 5.93. The van der Waals surface area contributed by atoms with Gasteiger partial charge in [-0.15, -0.1) is 0 Å². The Morgan fingerprint density at radius 3 is 2.07 bits per heavy atom. The summed E-state index contributed by atoms with van der Waals surface area (Å²) in [5, 5.41) is 10.4. The summed E-state index contributed by atoms with van der Waals surface area (Å²) in [7, 11) is 0. The quantitative estimate of drug-likeness (QED) is 0.753. The van der Waals surface area contributed by atoms with Gasteiger partial charge in [-0.3, -0.25) is 4.79 Å². The van der Waals surface area contributed by atoms with Crippen LogP contribution in [0.1, 0.15) is 12.0 Å². The van der Waals surface area contributed by atoms with Crippen molar-refractivity contribution in [1.29, 1.82) is 5.26 Å². The Balaban J connectivity index is 2.47. The number of halogens is 7. The number of carbonyl (C=O) groups is 1. The van der Waals surface area contributed by atoms with Crippen molar-refractivity contribution in [3.8, 4) is 17.6 Å². The number of rotatable bonds is 4. The Morgan fingerprint density at radius 1 is 1.00 bits per heavy atom. The van der Waals surface area contributed by atoms with Gasteiger partial charge in [0.25, 0.3) is 0 Å². The van der Waals surface area contributed by atoms with E-state index in [1.807, 2.05) is 5.32 Å². The number of amides is 1. The number of benzene rings is 2. The number of alkyl halides is 3. The predicted octanol–water partition coefficient (Wildman–Crippen LogP) is 4.91. The Bertz CT molecular complexity index is 913. The molecule has 0 aliphatic rings. The van der Waals surface area contributed by atoms with E-state index in [9.17, 15) is 35.5 Å². The lowest BCUT2D eigenvalue weighted by atomic mass is 10.2. The Kier molecular flexibility index (Phi) is 5.58. The number of hydrogen-bond donors (Lipinski definition) is 1. The topological polar surface area (TPSA) is 62.1 Å². The number of nitriles is 1. The first-order valence-electron chi connectivity index (χ1n) is 6.93. The van der Waals surface area contributed by atoms with E-state index in [4.69, 9.17) is 10.00 Å². The zero-order valence-electron chi connectivity index (χ0n) is 12.9. The third-order valence-corrected chi connectivity index (χ3v) is 3.07. The summed E-state index contributed by atoms with van der Waals surface area (Å²) in [5.74, 6) is -9.59. The van der Waals surface area contributed by atoms with Gasteiger partial charge < -0.3 is 10.1 Å². The maximum Gasteiger partial charge on any atom is 0.416 e. The van der Waals surface area contributed by atoms with E-state index in [2.05, 4.69) is 0 Å². The second kappa shape index (κ2) is 7.53. The van der Waals surface area contributed by atoms with Crippen LogP contribution in [0, 0.1) is 34.6 Å². The molecule has 0 aromatic heterocycles. The van der Waals surface area contributed by atoms with Crippen molar-refractivity contribution in [2.75, 3.05) is 5.32 Å². The largest absolute Gasteiger partial charge is 0.449 e. The SMILES string of the molecule is N#CCC(=O)Nc1cc(F)c(F)cc1Oc1c(F)cc(C(F)(F)F)cc1F. The molecule has 11 heteroatoms. The zero-order chi connectivity index (χ0) is 20.4. The first-order chi connectivity index (χ1) is 12.5. The molecule has 2 rings (SSSR count). The van der Waals surface area contributed by atoms with E-state index >= 15 is 0 Å². The highest BCUT2D eigenvalue weighted by Gasteiger charge is 2.33. The van der Waals surface area contributed by atoms with Crippen molar-refractivity contribution in [2.45, 2.75) is 12.6 Å². The van der Waals surface area contributed by atoms with Gasteiger partial charge in [0.05, 0.1) is 17.3 Å². The molecule has 2 aromatic rings. The van der Waals surface area contributed by atoms with Gasteiger partial charge in [-0.1, -0.05) is 0 Å². The fraction of sp³-hybridized carbons (Fsp3) is 0.125. The highest BCUT2D eigenvalue weighted by Crippen LogP contribution is 2.38. The van der Waals surface area contributed by atoms with Gasteiger partial charge in [0.15, 0.2) is 34.8 Å². The normalized spacial score (nSPS) is 11.0. The summed E-state index contributed by atoms with van der Waals surface area (Å²) in [4.78, 5) is 11.4. The van der Waals surface area contributed by atoms with Crippen LogP contribution in [0.2, 0.25) is 0 Å². The summed E-state index contributed by atoms with van der Waals surface area (Å²) in [6.45, 7) is 0. The van der Waals surface area contributed by atoms with E-state index in [1.165, 1.54) is 6.07 Å². The summed E-state index contributed by atoms with van der Waals surface area (Å²) in [5.41, 5.74) is -2.22. The molecule has 0 spiro atoms. The van der Waals surface area contributed by atoms with Crippen LogP contribution in [-0.2, 0) is 11.0 Å². The molecular weight excluding hydrogens is 385 g/mol. The number of nitrogens with zero attached hydrogens (tertiary/aromatic N) is 1. The smallest absolute Gasteiger partial charge is 0.416 e. The number of nitrogens with one attached hydrogen (secondary N) is 1. The molecule has 0 unspecified atom stereocenters. The lowest BCUT2D eigenvalue weighted by Gasteiger charge is -2.15. The molecule has 0 fully saturated rings. The minimum absolute atomic E-state index is 0.0494. The van der Waals surface area contributed by atoms with E-state index in [1.54, 1.807) is 0 Å². The monoisotopic (exact) mass is 392 g/mol. The second-order valence-corrected chi connectivity index (χ2v) is 5.01. The van der Waals surface area contributed by atoms with Crippen LogP contribution in [0.3, 0.4) is 0 Å². The Labute approximate surface area is 146 Å². The molecular formula is C16H7F7N2O2. The fourth-order valence-corrected chi connectivity index (χ4v) is 1.91. The molecule has 27 heavy (non-hydrogen) atoms. The van der Waals surface area contributed by atoms with E-state index in [-0.39, 0.29) is 12.1 Å². The summed E-state index contributed by atoms with van der Waals surface area (Å²) in [6, 6.07) is 2.12. The van der Waals surface area contributed by atoms with Crippen molar-refractivity contribution in [2.24, 2.45) is 0 Å². The Morgan fingerprint density at radius 2 is 1.56 bits per heavy atom. The van der Waals surface area contributed by atoms with Crippen molar-refractivity contribution in [3.63, 3.8) is 0 Å². The second-order valence-electron chi connectivity index (χ2n) is 5.01. The maximum absolute atomic E-state index is 13.9. The third-order valence-electron chi connectivity index (χ3n) is 3.07. The molecule has 0 saturated carbocycles. The molecule has 1 N–H and O–H groups in total. The Hall–Kier alpha value is -3.29. The van der Waals surface area contributed by atoms with Crippen molar-refractivity contribution in [3.05, 3.63) is 53.1 Å². The van der Waals surface area contributed by atoms with Crippen LogP contribution in [-0.4, -0.2) is 5.91 Å². The van der Waals surface area contributed by atoms with Gasteiger partial charge in [0.1, 0.15) is 6.42 Å². The minimum atomic E-state index is -5.03. The molecule has 2 aromatic carbocycles. The summed E-state index contributed by atoms with van der Waals surface area (Å²) in [6.07, 6.45) is -5.71. The van der Waals surface area contributed by atoms with E-state index in [0.29, 0.717) is 12.1 Å². The summed E-state index contributed by atoms with van der Waals surface area (Å²) < 4.78 is 96.9. The molecule has 0 saturated heterocycles.